The van der Waals surface area contributed by atoms with Gasteiger partial charge in [0.15, 0.2) is 0 Å². The fourth-order valence-corrected chi connectivity index (χ4v) is 2.10. The quantitative estimate of drug-likeness (QED) is 0.802. The summed E-state index contributed by atoms with van der Waals surface area (Å²) in [4.78, 5) is 13.1. The maximum absolute atomic E-state index is 11.3. The lowest BCUT2D eigenvalue weighted by atomic mass is 10.00. The number of nitrogens with one attached hydrogen (secondary N) is 1. The molecule has 1 N–H and O–H groups in total. The van der Waals surface area contributed by atoms with E-state index in [2.05, 4.69) is 36.5 Å². The summed E-state index contributed by atoms with van der Waals surface area (Å²) in [5.41, 5.74) is 2.69. The lowest BCUT2D eigenvalue weighted by Crippen LogP contribution is -2.53. The van der Waals surface area contributed by atoms with Crippen LogP contribution >= 0.6 is 0 Å². The zero-order valence-corrected chi connectivity index (χ0v) is 9.86. The van der Waals surface area contributed by atoms with Crippen LogP contribution in [0.1, 0.15) is 11.1 Å². The van der Waals surface area contributed by atoms with Crippen molar-refractivity contribution >= 4 is 5.91 Å². The van der Waals surface area contributed by atoms with Crippen LogP contribution < -0.4 is 5.32 Å². The maximum atomic E-state index is 11.3. The SMILES string of the molecule is Cc1ccccc1CC1CN(C)C(=O)CN1. The summed E-state index contributed by atoms with van der Waals surface area (Å²) < 4.78 is 0. The number of amides is 1. The van der Waals surface area contributed by atoms with E-state index in [1.165, 1.54) is 11.1 Å². The van der Waals surface area contributed by atoms with Crippen molar-refractivity contribution in [2.75, 3.05) is 20.1 Å². The van der Waals surface area contributed by atoms with Gasteiger partial charge in [-0.2, -0.15) is 0 Å². The van der Waals surface area contributed by atoms with E-state index >= 15 is 0 Å². The number of aryl methyl sites for hydroxylation is 1. The van der Waals surface area contributed by atoms with Gasteiger partial charge in [0, 0.05) is 19.6 Å². The highest BCUT2D eigenvalue weighted by molar-refractivity contribution is 5.78. The van der Waals surface area contributed by atoms with Gasteiger partial charge in [-0.15, -0.1) is 0 Å². The summed E-state index contributed by atoms with van der Waals surface area (Å²) >= 11 is 0. The molecule has 1 atom stereocenters. The third-order valence-corrected chi connectivity index (χ3v) is 3.19. The van der Waals surface area contributed by atoms with E-state index in [1.807, 2.05) is 7.05 Å². The predicted octanol–water partition coefficient (Wildman–Crippen LogP) is 0.968. The lowest BCUT2D eigenvalue weighted by molar-refractivity contribution is -0.131. The molecule has 1 aliphatic heterocycles. The average Bonchev–Trinajstić information content (AvgIpc) is 2.27. The minimum atomic E-state index is 0.182. The Morgan fingerprint density at radius 3 is 2.88 bits per heavy atom. The number of carbonyl (C=O) groups excluding carboxylic acids is 1. The van der Waals surface area contributed by atoms with Crippen LogP contribution in [-0.4, -0.2) is 37.0 Å². The van der Waals surface area contributed by atoms with Gasteiger partial charge in [0.05, 0.1) is 6.54 Å². The van der Waals surface area contributed by atoms with Crippen LogP contribution in [0.3, 0.4) is 0 Å². The van der Waals surface area contributed by atoms with E-state index in [0.717, 1.165) is 13.0 Å². The summed E-state index contributed by atoms with van der Waals surface area (Å²) in [6.07, 6.45) is 0.990. The summed E-state index contributed by atoms with van der Waals surface area (Å²) in [7, 11) is 1.87. The molecule has 0 aliphatic carbocycles. The molecule has 86 valence electrons. The van der Waals surface area contributed by atoms with E-state index in [0.29, 0.717) is 12.6 Å². The molecule has 1 aromatic carbocycles. The fourth-order valence-electron chi connectivity index (χ4n) is 2.10. The zero-order valence-electron chi connectivity index (χ0n) is 9.86. The third-order valence-electron chi connectivity index (χ3n) is 3.19. The second-order valence-electron chi connectivity index (χ2n) is 4.48. The van der Waals surface area contributed by atoms with Crippen LogP contribution in [0.15, 0.2) is 24.3 Å². The van der Waals surface area contributed by atoms with Crippen molar-refractivity contribution in [3.8, 4) is 0 Å². The fraction of sp³-hybridized carbons (Fsp3) is 0.462. The number of hydrogen-bond donors (Lipinski definition) is 1. The van der Waals surface area contributed by atoms with Crippen LogP contribution in [0.5, 0.6) is 0 Å². The van der Waals surface area contributed by atoms with E-state index in [4.69, 9.17) is 0 Å². The molecule has 1 heterocycles. The second-order valence-corrected chi connectivity index (χ2v) is 4.48. The Balaban J connectivity index is 2.01. The Labute approximate surface area is 96.5 Å². The van der Waals surface area contributed by atoms with Gasteiger partial charge >= 0.3 is 0 Å². The van der Waals surface area contributed by atoms with Gasteiger partial charge < -0.3 is 10.2 Å². The van der Waals surface area contributed by atoms with Crippen molar-refractivity contribution in [1.82, 2.24) is 10.2 Å². The highest BCUT2D eigenvalue weighted by Crippen LogP contribution is 2.11. The minimum Gasteiger partial charge on any atom is -0.343 e. The maximum Gasteiger partial charge on any atom is 0.236 e. The molecule has 1 aliphatic rings. The average molecular weight is 218 g/mol. The molecule has 0 aromatic heterocycles. The molecule has 3 nitrogen and oxygen atoms in total. The van der Waals surface area contributed by atoms with Gasteiger partial charge in [-0.3, -0.25) is 4.79 Å². The van der Waals surface area contributed by atoms with Crippen LogP contribution in [0, 0.1) is 6.92 Å². The normalized spacial score (nSPS) is 21.2. The number of benzene rings is 1. The van der Waals surface area contributed by atoms with E-state index in [9.17, 15) is 4.79 Å². The first-order chi connectivity index (χ1) is 7.66. The van der Waals surface area contributed by atoms with Crippen LogP contribution in [0.2, 0.25) is 0 Å². The Morgan fingerprint density at radius 2 is 2.19 bits per heavy atom. The van der Waals surface area contributed by atoms with Gasteiger partial charge in [-0.05, 0) is 24.5 Å². The summed E-state index contributed by atoms with van der Waals surface area (Å²) in [5, 5.41) is 3.28. The highest BCUT2D eigenvalue weighted by atomic mass is 16.2. The number of piperazine rings is 1. The minimum absolute atomic E-state index is 0.182. The Bertz CT molecular complexity index is 389. The topological polar surface area (TPSA) is 32.3 Å². The van der Waals surface area contributed by atoms with Gasteiger partial charge in [0.2, 0.25) is 5.91 Å². The second kappa shape index (κ2) is 4.66. The number of nitrogens with zero attached hydrogens (tertiary/aromatic N) is 1. The van der Waals surface area contributed by atoms with Crippen molar-refractivity contribution in [3.05, 3.63) is 35.4 Å². The number of rotatable bonds is 2. The molecule has 2 rings (SSSR count). The van der Waals surface area contributed by atoms with E-state index in [1.54, 1.807) is 4.90 Å². The predicted molar refractivity (Wildman–Crippen MR) is 64.3 cm³/mol. The molecule has 0 bridgehead atoms. The van der Waals surface area contributed by atoms with Crippen molar-refractivity contribution in [2.24, 2.45) is 0 Å². The van der Waals surface area contributed by atoms with E-state index in [-0.39, 0.29) is 5.91 Å². The molecule has 1 unspecified atom stereocenters. The van der Waals surface area contributed by atoms with Gasteiger partial charge in [0.1, 0.15) is 0 Å². The molecule has 1 amide bonds. The van der Waals surface area contributed by atoms with Crippen LogP contribution in [0.25, 0.3) is 0 Å². The smallest absolute Gasteiger partial charge is 0.236 e. The van der Waals surface area contributed by atoms with Gasteiger partial charge in [-0.1, -0.05) is 24.3 Å². The molecule has 0 spiro atoms. The largest absolute Gasteiger partial charge is 0.343 e. The molecule has 16 heavy (non-hydrogen) atoms. The standard InChI is InChI=1S/C13H18N2O/c1-10-5-3-4-6-11(10)7-12-9-15(2)13(16)8-14-12/h3-6,12,14H,7-9H2,1-2H3. The highest BCUT2D eigenvalue weighted by Gasteiger charge is 2.22. The molecule has 1 fully saturated rings. The van der Waals surface area contributed by atoms with Gasteiger partial charge in [-0.25, -0.2) is 0 Å². The van der Waals surface area contributed by atoms with Crippen LogP contribution in [-0.2, 0) is 11.2 Å². The van der Waals surface area contributed by atoms with Crippen molar-refractivity contribution in [2.45, 2.75) is 19.4 Å². The molecule has 3 heteroatoms. The Kier molecular flexibility index (Phi) is 3.25. The zero-order chi connectivity index (χ0) is 11.5. The molecule has 0 saturated carbocycles. The molecule has 0 radical (unpaired) electrons. The molecular formula is C13H18N2O. The number of carbonyl (C=O) groups is 1. The first kappa shape index (κ1) is 11.1. The molecule has 1 saturated heterocycles. The Morgan fingerprint density at radius 1 is 1.44 bits per heavy atom. The number of hydrogen-bond acceptors (Lipinski definition) is 2. The molecule has 1 aromatic rings. The lowest BCUT2D eigenvalue weighted by Gasteiger charge is -2.31. The Hall–Kier alpha value is -1.35. The molecular weight excluding hydrogens is 200 g/mol. The summed E-state index contributed by atoms with van der Waals surface area (Å²) in [6.45, 7) is 3.40. The first-order valence-corrected chi connectivity index (χ1v) is 5.68. The van der Waals surface area contributed by atoms with Crippen LogP contribution in [0.4, 0.5) is 0 Å². The number of likely N-dealkylation sites (N-methyl/N-ethyl adjacent to an activating group) is 1. The first-order valence-electron chi connectivity index (χ1n) is 5.68. The summed E-state index contributed by atoms with van der Waals surface area (Å²) in [5.74, 6) is 0.182. The van der Waals surface area contributed by atoms with Gasteiger partial charge in [0.25, 0.3) is 0 Å². The monoisotopic (exact) mass is 218 g/mol. The van der Waals surface area contributed by atoms with E-state index < -0.39 is 0 Å². The third kappa shape index (κ3) is 2.42. The van der Waals surface area contributed by atoms with Crippen molar-refractivity contribution in [1.29, 1.82) is 0 Å². The van der Waals surface area contributed by atoms with Crippen molar-refractivity contribution < 1.29 is 4.79 Å². The van der Waals surface area contributed by atoms with Crippen molar-refractivity contribution in [3.63, 3.8) is 0 Å². The summed E-state index contributed by atoms with van der Waals surface area (Å²) in [6, 6.07) is 8.80.